The van der Waals surface area contributed by atoms with Gasteiger partial charge in [-0.25, -0.2) is 0 Å². The van der Waals surface area contributed by atoms with E-state index in [9.17, 15) is 29.4 Å². The molecule has 0 aromatic carbocycles. The SMILES string of the molecule is CCCCCCCCCCCCCCCCC(=O)OC(C)CCCCCCCCCCCCCCCC(=O)[O-].CCCCCCCCCCCCCCCCC(=O)OC(C)CCCCCCCCCCCCCCCC(=O)[O-].[Zn+2]. The topological polar surface area (TPSA) is 133 Å². The first kappa shape index (κ1) is 81.7. The normalized spacial score (nSPS) is 11.9. The second-order valence-electron chi connectivity index (χ2n) is 24.3. The summed E-state index contributed by atoms with van der Waals surface area (Å²) < 4.78 is 11.2. The second-order valence-corrected chi connectivity index (χ2v) is 24.3. The van der Waals surface area contributed by atoms with Gasteiger partial charge in [-0.3, -0.25) is 9.59 Å². The predicted octanol–water partition coefficient (Wildman–Crippen LogP) is 20.8. The summed E-state index contributed by atoms with van der Waals surface area (Å²) in [7, 11) is 0. The van der Waals surface area contributed by atoms with Crippen molar-refractivity contribution in [1.82, 2.24) is 0 Å². The van der Waals surface area contributed by atoms with Gasteiger partial charge in [-0.1, -0.05) is 322 Å². The summed E-state index contributed by atoms with van der Waals surface area (Å²) in [5.74, 6) is -1.84. The van der Waals surface area contributed by atoms with Crippen LogP contribution in [-0.4, -0.2) is 36.1 Å². The summed E-state index contributed by atoms with van der Waals surface area (Å²) in [6.45, 7) is 8.65. The summed E-state index contributed by atoms with van der Waals surface area (Å²) in [5, 5.41) is 20.7. The zero-order chi connectivity index (χ0) is 57.3. The quantitative estimate of drug-likeness (QED) is 0.0334. The van der Waals surface area contributed by atoms with Gasteiger partial charge in [0, 0.05) is 24.8 Å². The van der Waals surface area contributed by atoms with E-state index < -0.39 is 11.9 Å². The van der Waals surface area contributed by atoms with E-state index in [1.807, 2.05) is 13.8 Å². The predicted molar refractivity (Wildman–Crippen MR) is 329 cm³/mol. The molecule has 0 amide bonds. The second kappa shape index (κ2) is 70.8. The molecule has 8 nitrogen and oxygen atoms in total. The van der Waals surface area contributed by atoms with E-state index in [1.165, 1.54) is 270 Å². The van der Waals surface area contributed by atoms with Gasteiger partial charge >= 0.3 is 31.4 Å². The van der Waals surface area contributed by atoms with Crippen LogP contribution in [0.4, 0.5) is 0 Å². The van der Waals surface area contributed by atoms with E-state index in [0.29, 0.717) is 12.8 Å². The van der Waals surface area contributed by atoms with E-state index in [-0.39, 0.29) is 56.5 Å². The summed E-state index contributed by atoms with van der Waals surface area (Å²) in [5.41, 5.74) is 0. The van der Waals surface area contributed by atoms with Crippen molar-refractivity contribution in [3.05, 3.63) is 0 Å². The molecule has 0 rings (SSSR count). The van der Waals surface area contributed by atoms with Crippen LogP contribution in [0.5, 0.6) is 0 Å². The smallest absolute Gasteiger partial charge is 0.550 e. The van der Waals surface area contributed by atoms with Gasteiger partial charge in [0.1, 0.15) is 0 Å². The molecule has 2 unspecified atom stereocenters. The molecule has 0 aliphatic rings. The minimum absolute atomic E-state index is 0. The molecule has 9 heteroatoms. The van der Waals surface area contributed by atoms with Crippen LogP contribution in [0.2, 0.25) is 0 Å². The van der Waals surface area contributed by atoms with Gasteiger partial charge in [-0.15, -0.1) is 0 Å². The molecule has 2 atom stereocenters. The van der Waals surface area contributed by atoms with Gasteiger partial charge < -0.3 is 29.3 Å². The average Bonchev–Trinajstić information content (AvgIpc) is 3.41. The van der Waals surface area contributed by atoms with Crippen molar-refractivity contribution in [3.8, 4) is 0 Å². The first-order valence-corrected chi connectivity index (χ1v) is 34.9. The van der Waals surface area contributed by atoms with Crippen molar-refractivity contribution < 1.29 is 58.3 Å². The zero-order valence-corrected chi connectivity index (χ0v) is 56.5. The summed E-state index contributed by atoms with van der Waals surface area (Å²) >= 11 is 0. The van der Waals surface area contributed by atoms with Crippen molar-refractivity contribution in [2.45, 2.75) is 425 Å². The number of aliphatic carboxylic acids is 2. The van der Waals surface area contributed by atoms with Crippen LogP contribution < -0.4 is 10.2 Å². The van der Waals surface area contributed by atoms with Gasteiger partial charge in [0.15, 0.2) is 0 Å². The Balaban J connectivity index is -0.00000144. The fraction of sp³-hybridized carbons (Fsp3) is 0.943. The van der Waals surface area contributed by atoms with Crippen molar-refractivity contribution in [1.29, 1.82) is 0 Å². The monoisotopic (exact) mass is 1170 g/mol. The first-order chi connectivity index (χ1) is 38.1. The van der Waals surface area contributed by atoms with Crippen LogP contribution in [0, 0.1) is 0 Å². The van der Waals surface area contributed by atoms with Gasteiger partial charge in [-0.05, 0) is 78.1 Å². The molecule has 0 saturated heterocycles. The van der Waals surface area contributed by atoms with Crippen LogP contribution >= 0.6 is 0 Å². The number of carbonyl (C=O) groups excluding carboxylic acids is 4. The molecule has 0 N–H and O–H groups in total. The minimum atomic E-state index is -0.918. The third-order valence-electron chi connectivity index (χ3n) is 16.1. The molecule has 0 aromatic heterocycles. The number of carboxylic acids is 2. The van der Waals surface area contributed by atoms with Crippen LogP contribution in [0.15, 0.2) is 0 Å². The minimum Gasteiger partial charge on any atom is -0.550 e. The fourth-order valence-electron chi connectivity index (χ4n) is 10.9. The van der Waals surface area contributed by atoms with Crippen LogP contribution in [0.3, 0.4) is 0 Å². The Bertz CT molecular complexity index is 1140. The van der Waals surface area contributed by atoms with Gasteiger partial charge in [0.05, 0.1) is 12.2 Å². The van der Waals surface area contributed by atoms with Crippen molar-refractivity contribution >= 4 is 23.9 Å². The number of ether oxygens (including phenoxy) is 2. The molecule has 0 spiro atoms. The summed E-state index contributed by atoms with van der Waals surface area (Å²) in [6.07, 6.45) is 72.6. The summed E-state index contributed by atoms with van der Waals surface area (Å²) in [4.78, 5) is 44.9. The fourth-order valence-corrected chi connectivity index (χ4v) is 10.9. The Morgan fingerprint density at radius 2 is 0.405 bits per heavy atom. The van der Waals surface area contributed by atoms with Crippen LogP contribution in [-0.2, 0) is 48.1 Å². The largest absolute Gasteiger partial charge is 2.00 e. The first-order valence-electron chi connectivity index (χ1n) is 34.9. The Kier molecular flexibility index (Phi) is 73.2. The van der Waals surface area contributed by atoms with Gasteiger partial charge in [0.25, 0.3) is 0 Å². The molecule has 0 fully saturated rings. The molecule has 79 heavy (non-hydrogen) atoms. The van der Waals surface area contributed by atoms with Gasteiger partial charge in [-0.2, -0.15) is 0 Å². The summed E-state index contributed by atoms with van der Waals surface area (Å²) in [6, 6.07) is 0. The molecule has 0 aliphatic carbocycles. The number of rotatable bonds is 64. The Morgan fingerprint density at radius 1 is 0.253 bits per heavy atom. The van der Waals surface area contributed by atoms with Crippen molar-refractivity contribution in [2.75, 3.05) is 0 Å². The van der Waals surface area contributed by atoms with Crippen molar-refractivity contribution in [2.24, 2.45) is 0 Å². The molecule has 0 heterocycles. The maximum atomic E-state index is 12.1. The standard InChI is InChI=1S/2C35H68O4.Zn/c2*1-3-4-5-6-7-8-9-10-14-17-20-23-26-29-32-35(38)39-33(2)30-27-24-21-18-15-12-11-13-16-19-22-25-28-31-34(36)37;/h2*33H,3-32H2,1-2H3,(H,36,37);/q;;+2/p-2. The zero-order valence-electron chi connectivity index (χ0n) is 53.6. The third-order valence-corrected chi connectivity index (χ3v) is 16.1. The maximum absolute atomic E-state index is 12.1. The molecular weight excluding hydrogens is 1030 g/mol. The van der Waals surface area contributed by atoms with E-state index in [2.05, 4.69) is 13.8 Å². The molecule has 0 aromatic rings. The molecule has 0 saturated carbocycles. The number of carboxylic acid groups (broad SMARTS) is 2. The Labute approximate surface area is 504 Å². The number of hydrogen-bond donors (Lipinski definition) is 0. The maximum Gasteiger partial charge on any atom is 2.00 e. The third kappa shape index (κ3) is 76.5. The van der Waals surface area contributed by atoms with E-state index in [4.69, 9.17) is 9.47 Å². The van der Waals surface area contributed by atoms with E-state index in [1.54, 1.807) is 0 Å². The van der Waals surface area contributed by atoms with Crippen LogP contribution in [0.25, 0.3) is 0 Å². The van der Waals surface area contributed by atoms with E-state index in [0.717, 1.165) is 89.9 Å². The van der Waals surface area contributed by atoms with Gasteiger partial charge in [0.2, 0.25) is 0 Å². The average molecular weight is 1170 g/mol. The van der Waals surface area contributed by atoms with Crippen LogP contribution in [0.1, 0.15) is 413 Å². The van der Waals surface area contributed by atoms with E-state index >= 15 is 0 Å². The molecule has 0 bridgehead atoms. The molecule has 0 radical (unpaired) electrons. The number of esters is 2. The Hall–Kier alpha value is -1.50. The molecule has 464 valence electrons. The number of hydrogen-bond acceptors (Lipinski definition) is 8. The Morgan fingerprint density at radius 3 is 0.582 bits per heavy atom. The number of unbranched alkanes of at least 4 members (excludes halogenated alkanes) is 50. The molecule has 0 aliphatic heterocycles. The van der Waals surface area contributed by atoms with Crippen molar-refractivity contribution in [3.63, 3.8) is 0 Å². The molecular formula is C70H134O8Zn. The number of carbonyl (C=O) groups is 4.